The van der Waals surface area contributed by atoms with Crippen LogP contribution >= 0.6 is 11.8 Å². The van der Waals surface area contributed by atoms with Crippen molar-refractivity contribution in [1.82, 2.24) is 20.1 Å². The molecule has 2 N–H and O–H groups in total. The number of carbonyl (C=O) groups is 2. The van der Waals surface area contributed by atoms with Gasteiger partial charge < -0.3 is 15.2 Å². The molecule has 168 valence electrons. The first-order valence-corrected chi connectivity index (χ1v) is 11.6. The highest BCUT2D eigenvalue weighted by atomic mass is 32.2. The summed E-state index contributed by atoms with van der Waals surface area (Å²) in [6.45, 7) is 6.36. The third-order valence-corrected chi connectivity index (χ3v) is 5.92. The van der Waals surface area contributed by atoms with E-state index in [1.807, 2.05) is 14.0 Å². The van der Waals surface area contributed by atoms with Gasteiger partial charge in [0.1, 0.15) is 6.33 Å². The zero-order valence-corrected chi connectivity index (χ0v) is 19.6. The number of carbonyl (C=O) groups excluding carboxylic acids is 2. The SMILES string of the molecule is CC(C)Cc1ccc(C(C)NC(=O)c2cccc(NC(=O)CSc3nncn3C)c2)cc1. The second kappa shape index (κ2) is 10.9. The maximum atomic E-state index is 12.8. The molecule has 0 fully saturated rings. The summed E-state index contributed by atoms with van der Waals surface area (Å²) in [6.07, 6.45) is 2.62. The Morgan fingerprint density at radius 3 is 2.50 bits per heavy atom. The van der Waals surface area contributed by atoms with Crippen LogP contribution < -0.4 is 10.6 Å². The molecule has 1 unspecified atom stereocenters. The normalized spacial score (nSPS) is 11.9. The smallest absolute Gasteiger partial charge is 0.251 e. The maximum absolute atomic E-state index is 12.8. The molecule has 2 aromatic carbocycles. The van der Waals surface area contributed by atoms with Gasteiger partial charge in [-0.2, -0.15) is 0 Å². The highest BCUT2D eigenvalue weighted by Gasteiger charge is 2.13. The Balaban J connectivity index is 1.56. The van der Waals surface area contributed by atoms with Gasteiger partial charge in [-0.25, -0.2) is 0 Å². The number of benzene rings is 2. The molecule has 0 aliphatic carbocycles. The average Bonchev–Trinajstić information content (AvgIpc) is 3.17. The van der Waals surface area contributed by atoms with Crippen LogP contribution in [0.2, 0.25) is 0 Å². The first kappa shape index (κ1) is 23.5. The van der Waals surface area contributed by atoms with Crippen LogP contribution in [-0.2, 0) is 18.3 Å². The van der Waals surface area contributed by atoms with Gasteiger partial charge in [0.05, 0.1) is 11.8 Å². The topological polar surface area (TPSA) is 88.9 Å². The molecule has 8 heteroatoms. The molecule has 0 aliphatic rings. The Kier molecular flexibility index (Phi) is 8.05. The molecule has 0 aliphatic heterocycles. The number of amides is 2. The average molecular weight is 452 g/mol. The minimum absolute atomic E-state index is 0.128. The van der Waals surface area contributed by atoms with Gasteiger partial charge in [0, 0.05) is 18.3 Å². The molecule has 3 aromatic rings. The van der Waals surface area contributed by atoms with E-state index in [0.29, 0.717) is 22.3 Å². The predicted octanol–water partition coefficient (Wildman–Crippen LogP) is 4.24. The van der Waals surface area contributed by atoms with Crippen molar-refractivity contribution in [3.63, 3.8) is 0 Å². The lowest BCUT2D eigenvalue weighted by molar-refractivity contribution is -0.113. The minimum Gasteiger partial charge on any atom is -0.346 e. The van der Waals surface area contributed by atoms with Crippen molar-refractivity contribution >= 4 is 29.3 Å². The molecular weight excluding hydrogens is 422 g/mol. The summed E-state index contributed by atoms with van der Waals surface area (Å²) in [7, 11) is 1.82. The fraction of sp³-hybridized carbons (Fsp3) is 0.333. The lowest BCUT2D eigenvalue weighted by Crippen LogP contribution is -2.26. The van der Waals surface area contributed by atoms with Crippen LogP contribution in [0, 0.1) is 5.92 Å². The van der Waals surface area contributed by atoms with Crippen LogP contribution in [0.5, 0.6) is 0 Å². The quantitative estimate of drug-likeness (QED) is 0.475. The number of aromatic nitrogens is 3. The van der Waals surface area contributed by atoms with Gasteiger partial charge >= 0.3 is 0 Å². The number of nitrogens with zero attached hydrogens (tertiary/aromatic N) is 3. The molecule has 0 saturated carbocycles. The number of rotatable bonds is 9. The second-order valence-corrected chi connectivity index (χ2v) is 9.12. The van der Waals surface area contributed by atoms with Crippen LogP contribution in [0.1, 0.15) is 48.3 Å². The van der Waals surface area contributed by atoms with Gasteiger partial charge in [-0.1, -0.05) is 55.9 Å². The van der Waals surface area contributed by atoms with E-state index in [2.05, 4.69) is 58.9 Å². The Labute approximate surface area is 193 Å². The first-order valence-electron chi connectivity index (χ1n) is 10.6. The molecule has 7 nitrogen and oxygen atoms in total. The zero-order chi connectivity index (χ0) is 23.1. The molecule has 0 spiro atoms. The number of hydrogen-bond donors (Lipinski definition) is 2. The third kappa shape index (κ3) is 6.68. The zero-order valence-electron chi connectivity index (χ0n) is 18.8. The van der Waals surface area contributed by atoms with Gasteiger partial charge in [-0.05, 0) is 48.6 Å². The monoisotopic (exact) mass is 451 g/mol. The number of nitrogens with one attached hydrogen (secondary N) is 2. The van der Waals surface area contributed by atoms with Crippen molar-refractivity contribution in [1.29, 1.82) is 0 Å². The summed E-state index contributed by atoms with van der Waals surface area (Å²) >= 11 is 1.30. The number of hydrogen-bond acceptors (Lipinski definition) is 5. The van der Waals surface area contributed by atoms with Crippen molar-refractivity contribution in [3.05, 3.63) is 71.5 Å². The molecule has 0 saturated heterocycles. The van der Waals surface area contributed by atoms with Crippen molar-refractivity contribution in [2.24, 2.45) is 13.0 Å². The predicted molar refractivity (Wildman–Crippen MR) is 128 cm³/mol. The molecule has 1 heterocycles. The fourth-order valence-corrected chi connectivity index (χ4v) is 3.93. The Morgan fingerprint density at radius 1 is 1.09 bits per heavy atom. The van der Waals surface area contributed by atoms with E-state index in [0.717, 1.165) is 12.0 Å². The van der Waals surface area contributed by atoms with Gasteiger partial charge in [0.15, 0.2) is 5.16 Å². The van der Waals surface area contributed by atoms with Gasteiger partial charge in [0.2, 0.25) is 5.91 Å². The van der Waals surface area contributed by atoms with Crippen LogP contribution in [0.4, 0.5) is 5.69 Å². The van der Waals surface area contributed by atoms with Crippen molar-refractivity contribution < 1.29 is 9.59 Å². The number of aryl methyl sites for hydroxylation is 1. The second-order valence-electron chi connectivity index (χ2n) is 8.18. The molecule has 2 amide bonds. The molecule has 1 aromatic heterocycles. The largest absolute Gasteiger partial charge is 0.346 e. The van der Waals surface area contributed by atoms with Crippen molar-refractivity contribution in [3.8, 4) is 0 Å². The summed E-state index contributed by atoms with van der Waals surface area (Å²) in [6, 6.07) is 15.2. The molecule has 32 heavy (non-hydrogen) atoms. The van der Waals surface area contributed by atoms with Crippen molar-refractivity contribution in [2.45, 2.75) is 38.4 Å². The standard InChI is InChI=1S/C24H29N5O2S/c1-16(2)12-18-8-10-19(11-9-18)17(3)26-23(31)20-6-5-7-21(13-20)27-22(30)14-32-24-28-25-15-29(24)4/h5-11,13,15-17H,12,14H2,1-4H3,(H,26,31)(H,27,30). The number of thioether (sulfide) groups is 1. The van der Waals surface area contributed by atoms with Crippen LogP contribution in [0.25, 0.3) is 0 Å². The van der Waals surface area contributed by atoms with E-state index >= 15 is 0 Å². The summed E-state index contributed by atoms with van der Waals surface area (Å²) in [5.41, 5.74) is 3.41. The summed E-state index contributed by atoms with van der Waals surface area (Å²) < 4.78 is 1.75. The lowest BCUT2D eigenvalue weighted by Gasteiger charge is -2.16. The highest BCUT2D eigenvalue weighted by Crippen LogP contribution is 2.18. The molecule has 0 bridgehead atoms. The van der Waals surface area contributed by atoms with E-state index in [1.54, 1.807) is 35.2 Å². The van der Waals surface area contributed by atoms with E-state index in [-0.39, 0.29) is 23.6 Å². The summed E-state index contributed by atoms with van der Waals surface area (Å²) in [5.74, 6) is 0.446. The van der Waals surface area contributed by atoms with E-state index < -0.39 is 0 Å². The van der Waals surface area contributed by atoms with Gasteiger partial charge in [-0.15, -0.1) is 10.2 Å². The highest BCUT2D eigenvalue weighted by molar-refractivity contribution is 7.99. The molecule has 1 atom stereocenters. The third-order valence-electron chi connectivity index (χ3n) is 4.88. The maximum Gasteiger partial charge on any atom is 0.251 e. The van der Waals surface area contributed by atoms with Crippen LogP contribution in [0.3, 0.4) is 0 Å². The van der Waals surface area contributed by atoms with E-state index in [9.17, 15) is 9.59 Å². The molecule has 3 rings (SSSR count). The molecular formula is C24H29N5O2S. The Bertz CT molecular complexity index is 1060. The minimum atomic E-state index is -0.187. The number of anilines is 1. The van der Waals surface area contributed by atoms with Crippen molar-refractivity contribution in [2.75, 3.05) is 11.1 Å². The Morgan fingerprint density at radius 2 is 1.84 bits per heavy atom. The lowest BCUT2D eigenvalue weighted by atomic mass is 10.00. The molecule has 0 radical (unpaired) electrons. The summed E-state index contributed by atoms with van der Waals surface area (Å²) in [4.78, 5) is 25.0. The van der Waals surface area contributed by atoms with E-state index in [1.165, 1.54) is 17.3 Å². The first-order chi connectivity index (χ1) is 15.3. The van der Waals surface area contributed by atoms with Crippen LogP contribution in [0.15, 0.2) is 60.0 Å². The van der Waals surface area contributed by atoms with Gasteiger partial charge in [0.25, 0.3) is 5.91 Å². The Hall–Kier alpha value is -3.13. The summed E-state index contributed by atoms with van der Waals surface area (Å²) in [5, 5.41) is 14.3. The fourth-order valence-electron chi connectivity index (χ4n) is 3.25. The van der Waals surface area contributed by atoms with E-state index in [4.69, 9.17) is 0 Å². The van der Waals surface area contributed by atoms with Gasteiger partial charge in [-0.3, -0.25) is 9.59 Å². The van der Waals surface area contributed by atoms with Crippen LogP contribution in [-0.4, -0.2) is 32.3 Å².